The summed E-state index contributed by atoms with van der Waals surface area (Å²) < 4.78 is 50.8. The van der Waals surface area contributed by atoms with Gasteiger partial charge in [0.15, 0.2) is 0 Å². The monoisotopic (exact) mass is 462 g/mol. The second kappa shape index (κ2) is 9.10. The minimum Gasteiger partial charge on any atom is -0.219 e. The molecule has 0 aliphatic heterocycles. The van der Waals surface area contributed by atoms with Crippen LogP contribution in [0.25, 0.3) is 0 Å². The van der Waals surface area contributed by atoms with Crippen molar-refractivity contribution >= 4 is 19.7 Å². The Morgan fingerprint density at radius 1 is 0.375 bits per heavy atom. The Bertz CT molecular complexity index is 1280. The molecule has 0 saturated heterocycles. The number of aryl methyl sites for hydroxylation is 2. The molecule has 0 atom stereocenters. The van der Waals surface area contributed by atoms with E-state index in [0.29, 0.717) is 0 Å². The lowest BCUT2D eigenvalue weighted by Crippen LogP contribution is -2.02. The average Bonchev–Trinajstić information content (AvgIpc) is 2.84. The van der Waals surface area contributed by atoms with Crippen LogP contribution in [0.15, 0.2) is 129 Å². The number of hydrogen-bond donors (Lipinski definition) is 0. The van der Waals surface area contributed by atoms with Crippen LogP contribution in [0.1, 0.15) is 11.1 Å². The molecule has 0 aromatic heterocycles. The predicted molar refractivity (Wildman–Crippen MR) is 124 cm³/mol. The maximum atomic E-state index is 12.7. The number of benzene rings is 4. The van der Waals surface area contributed by atoms with Crippen LogP contribution in [0.5, 0.6) is 0 Å². The molecule has 4 rings (SSSR count). The van der Waals surface area contributed by atoms with Gasteiger partial charge in [0, 0.05) is 0 Å². The summed E-state index contributed by atoms with van der Waals surface area (Å²) in [4.78, 5) is 1.09. The Balaban J connectivity index is 1.43. The van der Waals surface area contributed by atoms with Crippen molar-refractivity contribution in [3.63, 3.8) is 0 Å². The molecular weight excluding hydrogens is 440 g/mol. The molecule has 6 heteroatoms. The van der Waals surface area contributed by atoms with Gasteiger partial charge in [0.05, 0.1) is 19.6 Å². The van der Waals surface area contributed by atoms with Crippen molar-refractivity contribution in [2.45, 2.75) is 32.4 Å². The first kappa shape index (κ1) is 22.0. The third kappa shape index (κ3) is 4.66. The number of sulfone groups is 2. The molecule has 162 valence electrons. The summed E-state index contributed by atoms with van der Waals surface area (Å²) in [5.74, 6) is 0. The molecule has 0 aliphatic carbocycles. The molecule has 0 heterocycles. The molecule has 0 radical (unpaired) electrons. The van der Waals surface area contributed by atoms with E-state index >= 15 is 0 Å². The largest absolute Gasteiger partial charge is 0.219 e. The molecule has 4 aromatic rings. The van der Waals surface area contributed by atoms with Crippen molar-refractivity contribution in [2.24, 2.45) is 0 Å². The van der Waals surface area contributed by atoms with Crippen molar-refractivity contribution < 1.29 is 16.8 Å². The Hall–Kier alpha value is -3.22. The molecule has 32 heavy (non-hydrogen) atoms. The zero-order chi connectivity index (χ0) is 22.6. The lowest BCUT2D eigenvalue weighted by molar-refractivity contribution is 0.594. The highest BCUT2D eigenvalue weighted by Gasteiger charge is 2.18. The molecule has 0 fully saturated rings. The van der Waals surface area contributed by atoms with Crippen molar-refractivity contribution in [2.75, 3.05) is 0 Å². The summed E-state index contributed by atoms with van der Waals surface area (Å²) in [5.41, 5.74) is 2.02. The zero-order valence-corrected chi connectivity index (χ0v) is 18.9. The first-order valence-corrected chi connectivity index (χ1v) is 13.1. The van der Waals surface area contributed by atoms with Crippen LogP contribution < -0.4 is 0 Å². The predicted octanol–water partition coefficient (Wildman–Crippen LogP) is 5.14. The van der Waals surface area contributed by atoms with Crippen molar-refractivity contribution in [3.8, 4) is 0 Å². The molecule has 0 amide bonds. The fourth-order valence-corrected chi connectivity index (χ4v) is 5.99. The molecule has 4 nitrogen and oxygen atoms in total. The van der Waals surface area contributed by atoms with E-state index in [1.165, 1.54) is 0 Å². The maximum Gasteiger partial charge on any atom is 0.206 e. The number of rotatable bonds is 7. The van der Waals surface area contributed by atoms with E-state index in [9.17, 15) is 16.8 Å². The van der Waals surface area contributed by atoms with E-state index in [4.69, 9.17) is 0 Å². The zero-order valence-electron chi connectivity index (χ0n) is 17.3. The van der Waals surface area contributed by atoms with Crippen LogP contribution in [-0.4, -0.2) is 16.8 Å². The summed E-state index contributed by atoms with van der Waals surface area (Å²) in [6.45, 7) is 0. The van der Waals surface area contributed by atoms with Crippen LogP contribution >= 0.6 is 0 Å². The van der Waals surface area contributed by atoms with Crippen LogP contribution in [-0.2, 0) is 32.5 Å². The summed E-state index contributed by atoms with van der Waals surface area (Å²) >= 11 is 0. The normalized spacial score (nSPS) is 11.9. The second-order valence-corrected chi connectivity index (χ2v) is 11.3. The van der Waals surface area contributed by atoms with Crippen LogP contribution in [0.4, 0.5) is 0 Å². The Morgan fingerprint density at radius 3 is 0.969 bits per heavy atom. The van der Waals surface area contributed by atoms with E-state index < -0.39 is 19.7 Å². The SMILES string of the molecule is O=S(=O)(c1ccccc1)c1ccc(CCc2ccc(S(=O)(=O)c3ccccc3)cc2)cc1. The highest BCUT2D eigenvalue weighted by molar-refractivity contribution is 7.91. The molecule has 0 spiro atoms. The van der Waals surface area contributed by atoms with Crippen molar-refractivity contribution in [1.29, 1.82) is 0 Å². The minimum atomic E-state index is -3.52. The average molecular weight is 463 g/mol. The molecule has 0 aliphatic rings. The van der Waals surface area contributed by atoms with Gasteiger partial charge in [0.2, 0.25) is 19.7 Å². The van der Waals surface area contributed by atoms with Gasteiger partial charge in [-0.25, -0.2) is 16.8 Å². The lowest BCUT2D eigenvalue weighted by atomic mass is 10.0. The van der Waals surface area contributed by atoms with Gasteiger partial charge in [-0.1, -0.05) is 60.7 Å². The maximum absolute atomic E-state index is 12.7. The van der Waals surface area contributed by atoms with E-state index in [2.05, 4.69) is 0 Å². The smallest absolute Gasteiger partial charge is 0.206 e. The minimum absolute atomic E-state index is 0.267. The van der Waals surface area contributed by atoms with Crippen LogP contribution in [0.2, 0.25) is 0 Å². The molecule has 0 bridgehead atoms. The highest BCUT2D eigenvalue weighted by atomic mass is 32.2. The third-order valence-electron chi connectivity index (χ3n) is 5.28. The van der Waals surface area contributed by atoms with Gasteiger partial charge >= 0.3 is 0 Å². The van der Waals surface area contributed by atoms with E-state index in [1.807, 2.05) is 24.3 Å². The molecule has 0 saturated carbocycles. The van der Waals surface area contributed by atoms with Gasteiger partial charge < -0.3 is 0 Å². The standard InChI is InChI=1S/C26H22O4S2/c27-31(28,23-7-3-1-4-8-23)25-17-13-21(14-18-25)11-12-22-15-19-26(20-16-22)32(29,30)24-9-5-2-6-10-24/h1-10,13-20H,11-12H2. The van der Waals surface area contributed by atoms with E-state index in [-0.39, 0.29) is 19.6 Å². The third-order valence-corrected chi connectivity index (χ3v) is 8.85. The molecule has 0 N–H and O–H groups in total. The van der Waals surface area contributed by atoms with E-state index in [1.54, 1.807) is 84.9 Å². The van der Waals surface area contributed by atoms with Gasteiger partial charge in [-0.2, -0.15) is 0 Å². The highest BCUT2D eigenvalue weighted by Crippen LogP contribution is 2.23. The van der Waals surface area contributed by atoms with Crippen molar-refractivity contribution in [1.82, 2.24) is 0 Å². The lowest BCUT2D eigenvalue weighted by Gasteiger charge is -2.08. The van der Waals surface area contributed by atoms with Gasteiger partial charge in [0.25, 0.3) is 0 Å². The van der Waals surface area contributed by atoms with Crippen LogP contribution in [0, 0.1) is 0 Å². The van der Waals surface area contributed by atoms with Gasteiger partial charge in [0.1, 0.15) is 0 Å². The quantitative estimate of drug-likeness (QED) is 0.381. The van der Waals surface area contributed by atoms with E-state index in [0.717, 1.165) is 24.0 Å². The molecular formula is C26H22O4S2. The molecule has 0 unspecified atom stereocenters. The Morgan fingerprint density at radius 2 is 0.656 bits per heavy atom. The van der Waals surface area contributed by atoms with Gasteiger partial charge in [-0.15, -0.1) is 0 Å². The Labute approximate surface area is 189 Å². The van der Waals surface area contributed by atoms with Gasteiger partial charge in [-0.3, -0.25) is 0 Å². The second-order valence-electron chi connectivity index (χ2n) is 7.42. The Kier molecular flexibility index (Phi) is 6.26. The number of hydrogen-bond acceptors (Lipinski definition) is 4. The summed E-state index contributed by atoms with van der Waals surface area (Å²) in [7, 11) is -7.04. The fraction of sp³-hybridized carbons (Fsp3) is 0.0769. The van der Waals surface area contributed by atoms with Crippen LogP contribution in [0.3, 0.4) is 0 Å². The first-order chi connectivity index (χ1) is 15.4. The topological polar surface area (TPSA) is 68.3 Å². The first-order valence-electron chi connectivity index (χ1n) is 10.2. The summed E-state index contributed by atoms with van der Waals surface area (Å²) in [6.07, 6.45) is 1.44. The van der Waals surface area contributed by atoms with Crippen molar-refractivity contribution in [3.05, 3.63) is 120 Å². The summed E-state index contributed by atoms with van der Waals surface area (Å²) in [6, 6.07) is 30.6. The summed E-state index contributed by atoms with van der Waals surface area (Å²) in [5, 5.41) is 0. The molecule has 4 aromatic carbocycles. The van der Waals surface area contributed by atoms with Gasteiger partial charge in [-0.05, 0) is 72.5 Å². The fourth-order valence-electron chi connectivity index (χ4n) is 3.43.